The van der Waals surface area contributed by atoms with E-state index in [0.717, 1.165) is 28.3 Å². The molecule has 0 aliphatic carbocycles. The highest BCUT2D eigenvalue weighted by Crippen LogP contribution is 2.30. The zero-order valence-electron chi connectivity index (χ0n) is 16.2. The van der Waals surface area contributed by atoms with Crippen LogP contribution in [0.15, 0.2) is 29.8 Å². The second-order valence-electron chi connectivity index (χ2n) is 6.01. The highest BCUT2D eigenvalue weighted by molar-refractivity contribution is 5.92. The van der Waals surface area contributed by atoms with Crippen LogP contribution in [0.1, 0.15) is 0 Å². The predicted octanol–water partition coefficient (Wildman–Crippen LogP) is 1.18. The van der Waals surface area contributed by atoms with Crippen LogP contribution >= 0.6 is 0 Å². The molecule has 0 aromatic heterocycles. The summed E-state index contributed by atoms with van der Waals surface area (Å²) in [5.41, 5.74) is 2.01. The molecule has 1 aliphatic heterocycles. The highest BCUT2D eigenvalue weighted by Gasteiger charge is 2.33. The van der Waals surface area contributed by atoms with Crippen molar-refractivity contribution in [2.45, 2.75) is 6.10 Å². The van der Waals surface area contributed by atoms with Gasteiger partial charge in [0.2, 0.25) is 6.41 Å². The van der Waals surface area contributed by atoms with Crippen LogP contribution < -0.4 is 20.6 Å². The number of carbonyl (C=O) groups is 2. The fourth-order valence-electron chi connectivity index (χ4n) is 2.74. The molecule has 1 saturated heterocycles. The second-order valence-corrected chi connectivity index (χ2v) is 6.01. The minimum absolute atomic E-state index is 0.0115. The molecule has 2 amide bonds. The van der Waals surface area contributed by atoms with E-state index in [1.807, 2.05) is 0 Å². The summed E-state index contributed by atoms with van der Waals surface area (Å²) < 4.78 is 34.4. The number of hydroxylamine groups is 1. The zero-order chi connectivity index (χ0) is 22.1. The van der Waals surface area contributed by atoms with Crippen LogP contribution in [0.5, 0.6) is 0 Å². The van der Waals surface area contributed by atoms with Crippen LogP contribution in [-0.4, -0.2) is 64.1 Å². The lowest BCUT2D eigenvalue weighted by molar-refractivity contribution is -0.109. The summed E-state index contributed by atoms with van der Waals surface area (Å²) in [4.78, 5) is 33.4. The molecule has 162 valence electrons. The van der Waals surface area contributed by atoms with Gasteiger partial charge in [-0.2, -0.15) is 0 Å². The van der Waals surface area contributed by atoms with E-state index in [0.29, 0.717) is 12.2 Å². The van der Waals surface area contributed by atoms with Crippen molar-refractivity contribution in [3.63, 3.8) is 0 Å². The van der Waals surface area contributed by atoms with Crippen LogP contribution in [0.25, 0.3) is 0 Å². The van der Waals surface area contributed by atoms with Crippen LogP contribution in [0.3, 0.4) is 0 Å². The van der Waals surface area contributed by atoms with Gasteiger partial charge in [0.15, 0.2) is 11.6 Å². The number of aliphatic imine (C=N–C) groups is 1. The molecule has 1 unspecified atom stereocenters. The van der Waals surface area contributed by atoms with E-state index in [9.17, 15) is 18.4 Å². The van der Waals surface area contributed by atoms with Crippen molar-refractivity contribution in [3.8, 4) is 0 Å². The van der Waals surface area contributed by atoms with Gasteiger partial charge in [-0.1, -0.05) is 6.58 Å². The standard InChI is InChI=1S/C18H22F2N6O4/c1-3-16(24-29-2)23-8-13-9-26(18(28)30-13)12-6-14(19)17(15(20)7-12)25(10-21)5-4-22-11-27/h3,6-7,10-11,13,21H,1,4-5,8-9H2,2H3,(H,22,27)(H,23,24). The Balaban J connectivity index is 2.16. The number of nitrogens with one attached hydrogen (secondary N) is 3. The molecule has 1 atom stereocenters. The molecule has 12 heteroatoms. The largest absolute Gasteiger partial charge is 0.442 e. The summed E-state index contributed by atoms with van der Waals surface area (Å²) >= 11 is 0. The van der Waals surface area contributed by atoms with E-state index in [1.54, 1.807) is 0 Å². The first-order valence-corrected chi connectivity index (χ1v) is 8.82. The summed E-state index contributed by atoms with van der Waals surface area (Å²) in [6.07, 6.45) is 1.21. The summed E-state index contributed by atoms with van der Waals surface area (Å²) in [5, 5.41) is 9.72. The number of rotatable bonds is 11. The smallest absolute Gasteiger partial charge is 0.414 e. The number of anilines is 2. The van der Waals surface area contributed by atoms with Crippen LogP contribution in [-0.2, 0) is 14.4 Å². The van der Waals surface area contributed by atoms with Crippen LogP contribution in [0, 0.1) is 17.0 Å². The number of amidine groups is 1. The minimum atomic E-state index is -0.966. The molecule has 1 fully saturated rings. The van der Waals surface area contributed by atoms with Gasteiger partial charge in [0.05, 0.1) is 32.2 Å². The number of hydrogen-bond donors (Lipinski definition) is 3. The Morgan fingerprint density at radius 3 is 2.77 bits per heavy atom. The van der Waals surface area contributed by atoms with Crippen molar-refractivity contribution in [2.24, 2.45) is 4.99 Å². The van der Waals surface area contributed by atoms with Crippen molar-refractivity contribution >= 4 is 36.1 Å². The van der Waals surface area contributed by atoms with E-state index >= 15 is 0 Å². The molecule has 10 nitrogen and oxygen atoms in total. The maximum absolute atomic E-state index is 14.6. The lowest BCUT2D eigenvalue weighted by Crippen LogP contribution is -2.32. The Morgan fingerprint density at radius 2 is 2.20 bits per heavy atom. The first kappa shape index (κ1) is 22.7. The molecule has 1 heterocycles. The van der Waals surface area contributed by atoms with E-state index in [-0.39, 0.29) is 31.9 Å². The molecular formula is C18H22F2N6O4. The molecule has 30 heavy (non-hydrogen) atoms. The molecule has 1 aromatic rings. The van der Waals surface area contributed by atoms with Gasteiger partial charge in [0.1, 0.15) is 17.6 Å². The van der Waals surface area contributed by atoms with Crippen molar-refractivity contribution < 1.29 is 27.9 Å². The maximum atomic E-state index is 14.6. The fourth-order valence-corrected chi connectivity index (χ4v) is 2.74. The molecular weight excluding hydrogens is 402 g/mol. The SMILES string of the molecule is C=CC(=NCC1CN(c2cc(F)c(N(C=N)CCNC=O)c(F)c2)C(=O)O1)NOC. The topological polar surface area (TPSA) is 119 Å². The molecule has 0 radical (unpaired) electrons. The first-order valence-electron chi connectivity index (χ1n) is 8.82. The quantitative estimate of drug-likeness (QED) is 0.161. The maximum Gasteiger partial charge on any atom is 0.414 e. The minimum Gasteiger partial charge on any atom is -0.442 e. The first-order chi connectivity index (χ1) is 14.4. The highest BCUT2D eigenvalue weighted by atomic mass is 19.1. The third kappa shape index (κ3) is 5.50. The summed E-state index contributed by atoms with van der Waals surface area (Å²) in [5.74, 6) is -1.59. The Hall–Kier alpha value is -3.54. The van der Waals surface area contributed by atoms with Crippen LogP contribution in [0.2, 0.25) is 0 Å². The number of amides is 2. The van der Waals surface area contributed by atoms with E-state index < -0.39 is 29.5 Å². The molecule has 3 N–H and O–H groups in total. The van der Waals surface area contributed by atoms with Crippen molar-refractivity contribution in [1.82, 2.24) is 10.8 Å². The Kier molecular flexibility index (Phi) is 8.23. The number of nitrogens with zero attached hydrogens (tertiary/aromatic N) is 3. The van der Waals surface area contributed by atoms with Gasteiger partial charge in [-0.3, -0.25) is 24.9 Å². The van der Waals surface area contributed by atoms with Gasteiger partial charge in [-0.25, -0.2) is 19.1 Å². The zero-order valence-corrected chi connectivity index (χ0v) is 16.2. The number of cyclic esters (lactones) is 1. The Morgan fingerprint density at radius 1 is 1.50 bits per heavy atom. The van der Waals surface area contributed by atoms with Gasteiger partial charge in [0.25, 0.3) is 0 Å². The number of hydrogen-bond acceptors (Lipinski definition) is 6. The Bertz CT molecular complexity index is 812. The molecule has 0 saturated carbocycles. The third-order valence-electron chi connectivity index (χ3n) is 4.08. The van der Waals surface area contributed by atoms with E-state index in [2.05, 4.69) is 22.4 Å². The van der Waals surface area contributed by atoms with Crippen molar-refractivity contribution in [3.05, 3.63) is 36.4 Å². The van der Waals surface area contributed by atoms with E-state index in [4.69, 9.17) is 15.0 Å². The van der Waals surface area contributed by atoms with E-state index in [1.165, 1.54) is 13.2 Å². The average Bonchev–Trinajstić information content (AvgIpc) is 3.09. The van der Waals surface area contributed by atoms with Gasteiger partial charge >= 0.3 is 6.09 Å². The fraction of sp³-hybridized carbons (Fsp3) is 0.333. The number of halogens is 2. The second kappa shape index (κ2) is 10.9. The lowest BCUT2D eigenvalue weighted by Gasteiger charge is -2.22. The Labute approximate surface area is 171 Å². The molecule has 0 spiro atoms. The summed E-state index contributed by atoms with van der Waals surface area (Å²) in [6.45, 7) is 3.76. The number of ether oxygens (including phenoxy) is 1. The molecule has 0 bridgehead atoms. The molecule has 2 rings (SSSR count). The van der Waals surface area contributed by atoms with Crippen LogP contribution in [0.4, 0.5) is 25.0 Å². The van der Waals surface area contributed by atoms with Crippen molar-refractivity contribution in [2.75, 3.05) is 43.1 Å². The number of carbonyl (C=O) groups excluding carboxylic acids is 2. The monoisotopic (exact) mass is 424 g/mol. The molecule has 1 aromatic carbocycles. The summed E-state index contributed by atoms with van der Waals surface area (Å²) in [7, 11) is 1.40. The van der Waals surface area contributed by atoms with Crippen molar-refractivity contribution in [1.29, 1.82) is 5.41 Å². The molecule has 1 aliphatic rings. The lowest BCUT2D eigenvalue weighted by atomic mass is 10.2. The summed E-state index contributed by atoms with van der Waals surface area (Å²) in [6, 6.07) is 1.97. The predicted molar refractivity (Wildman–Crippen MR) is 107 cm³/mol. The average molecular weight is 424 g/mol. The van der Waals surface area contributed by atoms with Gasteiger partial charge < -0.3 is 15.0 Å². The van der Waals surface area contributed by atoms with Gasteiger partial charge in [-0.15, -0.1) is 0 Å². The third-order valence-corrected chi connectivity index (χ3v) is 4.08. The number of benzene rings is 1. The normalized spacial score (nSPS) is 16.1. The van der Waals surface area contributed by atoms with Gasteiger partial charge in [0, 0.05) is 25.2 Å². The van der Waals surface area contributed by atoms with Gasteiger partial charge in [-0.05, 0) is 6.08 Å².